The van der Waals surface area contributed by atoms with Gasteiger partial charge in [-0.1, -0.05) is 41.6 Å². The standard InChI is InChI=1S/C16H17N3O3S2/c20-24(21,11-5-8-13-6-2-1-3-7-13)17-12-15-18-16(19-22-15)14-9-4-10-23-14/h1-4,6-7,9-10,17H,5,8,11-12H2. The Bertz CT molecular complexity index is 859. The SMILES string of the molecule is O=S(=O)(CCCc1ccccc1)NCc1nc(-c2cccs2)no1. The largest absolute Gasteiger partial charge is 0.337 e. The van der Waals surface area contributed by atoms with Crippen molar-refractivity contribution < 1.29 is 12.9 Å². The lowest BCUT2D eigenvalue weighted by Crippen LogP contribution is -2.26. The molecule has 0 amide bonds. The van der Waals surface area contributed by atoms with Gasteiger partial charge in [-0.25, -0.2) is 13.1 Å². The Morgan fingerprint density at radius 2 is 1.96 bits per heavy atom. The van der Waals surface area contributed by atoms with Crippen molar-refractivity contribution in [3.8, 4) is 10.7 Å². The monoisotopic (exact) mass is 363 g/mol. The van der Waals surface area contributed by atoms with Gasteiger partial charge in [0.25, 0.3) is 0 Å². The zero-order chi connectivity index (χ0) is 16.8. The number of nitrogens with zero attached hydrogens (tertiary/aromatic N) is 2. The van der Waals surface area contributed by atoms with Crippen LogP contribution in [-0.2, 0) is 23.0 Å². The Morgan fingerprint density at radius 3 is 2.71 bits per heavy atom. The molecule has 0 aliphatic carbocycles. The van der Waals surface area contributed by atoms with Crippen molar-refractivity contribution in [2.45, 2.75) is 19.4 Å². The van der Waals surface area contributed by atoms with E-state index in [4.69, 9.17) is 4.52 Å². The van der Waals surface area contributed by atoms with E-state index in [0.717, 1.165) is 16.9 Å². The van der Waals surface area contributed by atoms with Crippen molar-refractivity contribution in [2.75, 3.05) is 5.75 Å². The molecular weight excluding hydrogens is 346 g/mol. The van der Waals surface area contributed by atoms with Crippen LogP contribution in [0.2, 0.25) is 0 Å². The predicted octanol–water partition coefficient (Wildman–Crippen LogP) is 2.85. The maximum atomic E-state index is 12.0. The van der Waals surface area contributed by atoms with Gasteiger partial charge in [0.1, 0.15) is 0 Å². The number of hydrogen-bond acceptors (Lipinski definition) is 6. The Hall–Kier alpha value is -2.03. The third-order valence-corrected chi connectivity index (χ3v) is 5.65. The third kappa shape index (κ3) is 4.73. The second-order valence-electron chi connectivity index (χ2n) is 5.22. The van der Waals surface area contributed by atoms with Gasteiger partial charge in [0.2, 0.25) is 21.7 Å². The molecule has 126 valence electrons. The highest BCUT2D eigenvalue weighted by molar-refractivity contribution is 7.89. The minimum absolute atomic E-state index is 0.00600. The molecule has 0 atom stereocenters. The fourth-order valence-corrected chi connectivity index (χ4v) is 3.85. The zero-order valence-electron chi connectivity index (χ0n) is 12.9. The van der Waals surface area contributed by atoms with Gasteiger partial charge in [0, 0.05) is 0 Å². The van der Waals surface area contributed by atoms with Crippen molar-refractivity contribution in [1.29, 1.82) is 0 Å². The Labute approximate surface area is 144 Å². The fraction of sp³-hybridized carbons (Fsp3) is 0.250. The molecule has 6 nitrogen and oxygen atoms in total. The molecule has 2 aromatic heterocycles. The quantitative estimate of drug-likeness (QED) is 0.665. The Morgan fingerprint density at radius 1 is 1.12 bits per heavy atom. The zero-order valence-corrected chi connectivity index (χ0v) is 14.5. The third-order valence-electron chi connectivity index (χ3n) is 3.37. The van der Waals surface area contributed by atoms with Crippen LogP contribution in [0.3, 0.4) is 0 Å². The smallest absolute Gasteiger partial charge is 0.242 e. The molecule has 0 unspecified atom stereocenters. The number of nitrogens with one attached hydrogen (secondary N) is 1. The number of aromatic nitrogens is 2. The highest BCUT2D eigenvalue weighted by Crippen LogP contribution is 2.21. The van der Waals surface area contributed by atoms with E-state index in [-0.39, 0.29) is 18.2 Å². The second-order valence-corrected chi connectivity index (χ2v) is 8.09. The van der Waals surface area contributed by atoms with Crippen LogP contribution >= 0.6 is 11.3 Å². The molecule has 3 aromatic rings. The van der Waals surface area contributed by atoms with Crippen LogP contribution in [0.5, 0.6) is 0 Å². The van der Waals surface area contributed by atoms with E-state index < -0.39 is 10.0 Å². The highest BCUT2D eigenvalue weighted by Gasteiger charge is 2.14. The van der Waals surface area contributed by atoms with Gasteiger partial charge in [0.15, 0.2) is 0 Å². The molecule has 0 bridgehead atoms. The molecule has 2 heterocycles. The number of rotatable bonds is 8. The van der Waals surface area contributed by atoms with Crippen molar-refractivity contribution in [3.63, 3.8) is 0 Å². The molecule has 24 heavy (non-hydrogen) atoms. The Kier molecular flexibility index (Phi) is 5.39. The normalized spacial score (nSPS) is 11.7. The fourth-order valence-electron chi connectivity index (χ4n) is 2.19. The summed E-state index contributed by atoms with van der Waals surface area (Å²) in [6.07, 6.45) is 1.29. The molecule has 0 fully saturated rings. The predicted molar refractivity (Wildman–Crippen MR) is 93.0 cm³/mol. The van der Waals surface area contributed by atoms with Crippen molar-refractivity contribution in [1.82, 2.24) is 14.9 Å². The van der Waals surface area contributed by atoms with Crippen LogP contribution in [0.1, 0.15) is 17.9 Å². The number of benzene rings is 1. The van der Waals surface area contributed by atoms with E-state index in [1.807, 2.05) is 47.8 Å². The summed E-state index contributed by atoms with van der Waals surface area (Å²) in [6, 6.07) is 13.6. The molecule has 3 rings (SSSR count). The second kappa shape index (κ2) is 7.69. The first kappa shape index (κ1) is 16.8. The molecule has 0 aliphatic heterocycles. The summed E-state index contributed by atoms with van der Waals surface area (Å²) in [5.41, 5.74) is 1.13. The summed E-state index contributed by atoms with van der Waals surface area (Å²) >= 11 is 1.50. The van der Waals surface area contributed by atoms with Gasteiger partial charge >= 0.3 is 0 Å². The van der Waals surface area contributed by atoms with Gasteiger partial charge < -0.3 is 4.52 Å². The van der Waals surface area contributed by atoms with E-state index >= 15 is 0 Å². The van der Waals surface area contributed by atoms with Crippen LogP contribution in [0, 0.1) is 0 Å². The van der Waals surface area contributed by atoms with Crippen molar-refractivity contribution >= 4 is 21.4 Å². The van der Waals surface area contributed by atoms with Crippen molar-refractivity contribution in [3.05, 3.63) is 59.3 Å². The first-order valence-corrected chi connectivity index (χ1v) is 10.0. The van der Waals surface area contributed by atoms with Crippen LogP contribution < -0.4 is 4.72 Å². The molecule has 0 saturated carbocycles. The topological polar surface area (TPSA) is 85.1 Å². The van der Waals surface area contributed by atoms with E-state index in [1.54, 1.807) is 0 Å². The Balaban J connectivity index is 1.48. The summed E-state index contributed by atoms with van der Waals surface area (Å²) in [6.45, 7) is 0.00600. The number of sulfonamides is 1. The van der Waals surface area contributed by atoms with Crippen LogP contribution in [0.15, 0.2) is 52.4 Å². The van der Waals surface area contributed by atoms with Gasteiger partial charge in [-0.15, -0.1) is 11.3 Å². The first-order valence-electron chi connectivity index (χ1n) is 7.50. The van der Waals surface area contributed by atoms with E-state index in [2.05, 4.69) is 14.9 Å². The molecule has 0 spiro atoms. The van der Waals surface area contributed by atoms with Gasteiger partial charge in [-0.3, -0.25) is 0 Å². The molecule has 0 aliphatic rings. The number of hydrogen-bond donors (Lipinski definition) is 1. The van der Waals surface area contributed by atoms with Gasteiger partial charge in [-0.2, -0.15) is 4.98 Å². The minimum Gasteiger partial charge on any atom is -0.337 e. The first-order chi connectivity index (χ1) is 11.6. The maximum absolute atomic E-state index is 12.0. The summed E-state index contributed by atoms with van der Waals surface area (Å²) in [7, 11) is -3.37. The van der Waals surface area contributed by atoms with Crippen LogP contribution in [0.4, 0.5) is 0 Å². The summed E-state index contributed by atoms with van der Waals surface area (Å²) in [4.78, 5) is 5.07. The molecule has 1 aromatic carbocycles. The summed E-state index contributed by atoms with van der Waals surface area (Å²) in [5, 5.41) is 5.77. The number of aryl methyl sites for hydroxylation is 1. The van der Waals surface area contributed by atoms with Crippen LogP contribution in [-0.4, -0.2) is 24.3 Å². The molecule has 8 heteroatoms. The molecular formula is C16H17N3O3S2. The molecule has 1 N–H and O–H groups in total. The minimum atomic E-state index is -3.37. The van der Waals surface area contributed by atoms with Gasteiger partial charge in [0.05, 0.1) is 17.2 Å². The summed E-state index contributed by atoms with van der Waals surface area (Å²) < 4.78 is 31.6. The van der Waals surface area contributed by atoms with Crippen molar-refractivity contribution in [2.24, 2.45) is 0 Å². The van der Waals surface area contributed by atoms with E-state index in [0.29, 0.717) is 12.2 Å². The van der Waals surface area contributed by atoms with Gasteiger partial charge in [-0.05, 0) is 29.9 Å². The molecule has 0 saturated heterocycles. The van der Waals surface area contributed by atoms with Crippen LogP contribution in [0.25, 0.3) is 10.7 Å². The average Bonchev–Trinajstić information content (AvgIpc) is 3.25. The lowest BCUT2D eigenvalue weighted by atomic mass is 10.1. The average molecular weight is 363 g/mol. The highest BCUT2D eigenvalue weighted by atomic mass is 32.2. The summed E-state index contributed by atoms with van der Waals surface area (Å²) in [5.74, 6) is 0.793. The van der Waals surface area contributed by atoms with E-state index in [1.165, 1.54) is 11.3 Å². The molecule has 0 radical (unpaired) electrons. The maximum Gasteiger partial charge on any atom is 0.242 e. The lowest BCUT2D eigenvalue weighted by molar-refractivity contribution is 0.376. The lowest BCUT2D eigenvalue weighted by Gasteiger charge is -2.04. The van der Waals surface area contributed by atoms with E-state index in [9.17, 15) is 8.42 Å². The number of thiophene rings is 1.